The first-order valence-corrected chi connectivity index (χ1v) is 9.48. The van der Waals surface area contributed by atoms with Crippen LogP contribution in [0.2, 0.25) is 0 Å². The molecule has 0 unspecified atom stereocenters. The van der Waals surface area contributed by atoms with Crippen LogP contribution in [0.5, 0.6) is 0 Å². The molecule has 1 fully saturated rings. The normalized spacial score (nSPS) is 13.9. The molecule has 2 heterocycles. The Morgan fingerprint density at radius 1 is 0.967 bits per heavy atom. The van der Waals surface area contributed by atoms with E-state index in [1.54, 1.807) is 6.07 Å². The van der Waals surface area contributed by atoms with Crippen molar-refractivity contribution in [2.45, 2.75) is 25.7 Å². The van der Waals surface area contributed by atoms with Gasteiger partial charge in [0.2, 0.25) is 0 Å². The molecule has 1 aliphatic rings. The van der Waals surface area contributed by atoms with Crippen LogP contribution in [0.4, 0.5) is 34.9 Å². The van der Waals surface area contributed by atoms with Gasteiger partial charge in [-0.2, -0.15) is 8.78 Å². The van der Waals surface area contributed by atoms with Crippen molar-refractivity contribution in [3.05, 3.63) is 59.8 Å². The minimum atomic E-state index is -3.11. The van der Waals surface area contributed by atoms with Gasteiger partial charge in [-0.25, -0.2) is 23.7 Å². The number of halogens is 4. The minimum Gasteiger partial charge on any atom is -0.370 e. The molecule has 4 rings (SSSR count). The second-order valence-corrected chi connectivity index (χ2v) is 7.37. The summed E-state index contributed by atoms with van der Waals surface area (Å²) in [7, 11) is 0. The quantitative estimate of drug-likeness (QED) is 0.498. The van der Waals surface area contributed by atoms with Crippen LogP contribution in [-0.4, -0.2) is 21.5 Å². The van der Waals surface area contributed by atoms with Crippen LogP contribution in [0.3, 0.4) is 0 Å². The van der Waals surface area contributed by atoms with Crippen molar-refractivity contribution in [2.75, 3.05) is 17.2 Å². The van der Waals surface area contributed by atoms with Crippen LogP contribution in [0.15, 0.2) is 42.5 Å². The molecule has 1 aromatic carbocycles. The molecule has 0 spiro atoms. The highest BCUT2D eigenvalue weighted by Gasteiger charge is 2.27. The van der Waals surface area contributed by atoms with E-state index in [1.165, 1.54) is 18.2 Å². The molecule has 0 saturated heterocycles. The van der Waals surface area contributed by atoms with E-state index in [0.29, 0.717) is 18.3 Å². The first kappa shape index (κ1) is 20.1. The summed E-state index contributed by atoms with van der Waals surface area (Å²) in [5, 5.41) is 6.03. The summed E-state index contributed by atoms with van der Waals surface area (Å²) in [6.45, 7) is 1.48. The fourth-order valence-electron chi connectivity index (χ4n) is 2.86. The number of hydrogen-bond acceptors (Lipinski definition) is 5. The molecule has 0 atom stereocenters. The third-order valence-corrected chi connectivity index (χ3v) is 4.56. The lowest BCUT2D eigenvalue weighted by atomic mass is 10.2. The van der Waals surface area contributed by atoms with Crippen molar-refractivity contribution in [2.24, 2.45) is 5.92 Å². The first-order valence-electron chi connectivity index (χ1n) is 9.48. The number of nitrogens with one attached hydrogen (secondary N) is 2. The number of pyridine rings is 1. The maximum Gasteiger partial charge on any atom is 0.286 e. The summed E-state index contributed by atoms with van der Waals surface area (Å²) in [6, 6.07) is 8.82. The Morgan fingerprint density at radius 2 is 1.67 bits per heavy atom. The van der Waals surface area contributed by atoms with Crippen molar-refractivity contribution in [3.63, 3.8) is 0 Å². The van der Waals surface area contributed by atoms with Gasteiger partial charge in [-0.05, 0) is 43.0 Å². The highest BCUT2D eigenvalue weighted by molar-refractivity contribution is 5.63. The van der Waals surface area contributed by atoms with Gasteiger partial charge >= 0.3 is 0 Å². The second kappa shape index (κ2) is 7.89. The van der Waals surface area contributed by atoms with E-state index in [4.69, 9.17) is 0 Å². The van der Waals surface area contributed by atoms with Crippen LogP contribution in [0, 0.1) is 17.6 Å². The van der Waals surface area contributed by atoms with Crippen LogP contribution >= 0.6 is 0 Å². The lowest BCUT2D eigenvalue weighted by Crippen LogP contribution is -2.11. The summed E-state index contributed by atoms with van der Waals surface area (Å²) < 4.78 is 54.4. The van der Waals surface area contributed by atoms with Crippen LogP contribution in [0.25, 0.3) is 11.5 Å². The van der Waals surface area contributed by atoms with Crippen LogP contribution < -0.4 is 10.6 Å². The largest absolute Gasteiger partial charge is 0.370 e. The Balaban J connectivity index is 1.70. The Bertz CT molecular complexity index is 1040. The van der Waals surface area contributed by atoms with E-state index in [2.05, 4.69) is 25.6 Å². The standard InChI is InChI=1S/C21H19F4N5/c1-21(24,25)17-4-2-3-16(28-17)20-29-18(26-11-12-5-6-12)10-19(30-20)27-15-8-13(22)7-14(23)9-15/h2-4,7-10,12H,5-6,11H2,1H3,(H2,26,27,29,30). The van der Waals surface area contributed by atoms with Gasteiger partial charge in [0.05, 0.1) is 0 Å². The highest BCUT2D eigenvalue weighted by atomic mass is 19.3. The van der Waals surface area contributed by atoms with Crippen LogP contribution in [-0.2, 0) is 5.92 Å². The zero-order valence-corrected chi connectivity index (χ0v) is 16.1. The molecule has 1 saturated carbocycles. The number of aromatic nitrogens is 3. The fourth-order valence-corrected chi connectivity index (χ4v) is 2.86. The van der Waals surface area contributed by atoms with Gasteiger partial charge in [-0.15, -0.1) is 0 Å². The Hall–Kier alpha value is -3.23. The van der Waals surface area contributed by atoms with E-state index >= 15 is 0 Å². The molecular weight excluding hydrogens is 398 g/mol. The average Bonchev–Trinajstić information content (AvgIpc) is 3.49. The SMILES string of the molecule is CC(F)(F)c1cccc(-c2nc(NCC3CC3)cc(Nc3cc(F)cc(F)c3)n2)n1. The van der Waals surface area contributed by atoms with Gasteiger partial charge in [0.1, 0.15) is 34.7 Å². The van der Waals surface area contributed by atoms with Gasteiger partial charge in [-0.1, -0.05) is 6.07 Å². The highest BCUT2D eigenvalue weighted by Crippen LogP contribution is 2.30. The van der Waals surface area contributed by atoms with E-state index in [0.717, 1.165) is 38.0 Å². The van der Waals surface area contributed by atoms with Crippen molar-refractivity contribution in [1.82, 2.24) is 15.0 Å². The zero-order chi connectivity index (χ0) is 21.3. The van der Waals surface area contributed by atoms with Crippen molar-refractivity contribution >= 4 is 17.3 Å². The Labute approximate surface area is 170 Å². The Kier molecular flexibility index (Phi) is 5.27. The molecule has 0 bridgehead atoms. The maximum absolute atomic E-state index is 13.7. The van der Waals surface area contributed by atoms with Gasteiger partial charge in [-0.3, -0.25) is 0 Å². The molecule has 156 valence electrons. The maximum atomic E-state index is 13.7. The molecule has 1 aliphatic carbocycles. The molecule has 0 amide bonds. The van der Waals surface area contributed by atoms with Gasteiger partial charge in [0, 0.05) is 31.3 Å². The van der Waals surface area contributed by atoms with Crippen LogP contribution in [0.1, 0.15) is 25.5 Å². The summed E-state index contributed by atoms with van der Waals surface area (Å²) in [6.07, 6.45) is 2.27. The average molecular weight is 417 g/mol. The van der Waals surface area contributed by atoms with Gasteiger partial charge in [0.25, 0.3) is 5.92 Å². The number of rotatable bonds is 7. The van der Waals surface area contributed by atoms with Crippen molar-refractivity contribution in [1.29, 1.82) is 0 Å². The predicted octanol–water partition coefficient (Wildman–Crippen LogP) is 5.49. The molecule has 0 radical (unpaired) electrons. The number of benzene rings is 1. The minimum absolute atomic E-state index is 0.112. The topological polar surface area (TPSA) is 62.7 Å². The van der Waals surface area contributed by atoms with Crippen molar-refractivity contribution in [3.8, 4) is 11.5 Å². The first-order chi connectivity index (χ1) is 14.3. The van der Waals surface area contributed by atoms with E-state index in [-0.39, 0.29) is 23.0 Å². The van der Waals surface area contributed by atoms with E-state index in [9.17, 15) is 17.6 Å². The molecule has 2 aromatic heterocycles. The molecule has 0 aliphatic heterocycles. The van der Waals surface area contributed by atoms with E-state index in [1.807, 2.05) is 0 Å². The number of anilines is 3. The van der Waals surface area contributed by atoms with Gasteiger partial charge < -0.3 is 10.6 Å². The summed E-state index contributed by atoms with van der Waals surface area (Å²) in [4.78, 5) is 12.7. The van der Waals surface area contributed by atoms with E-state index < -0.39 is 23.3 Å². The number of nitrogens with zero attached hydrogens (tertiary/aromatic N) is 3. The lowest BCUT2D eigenvalue weighted by molar-refractivity contribution is 0.0129. The second-order valence-electron chi connectivity index (χ2n) is 7.37. The molecule has 2 N–H and O–H groups in total. The Morgan fingerprint density at radius 3 is 2.33 bits per heavy atom. The molecule has 9 heteroatoms. The molecule has 30 heavy (non-hydrogen) atoms. The predicted molar refractivity (Wildman–Crippen MR) is 106 cm³/mol. The summed E-state index contributed by atoms with van der Waals surface area (Å²) >= 11 is 0. The monoisotopic (exact) mass is 417 g/mol. The third-order valence-electron chi connectivity index (χ3n) is 4.56. The molecule has 3 aromatic rings. The lowest BCUT2D eigenvalue weighted by Gasteiger charge is -2.13. The third kappa shape index (κ3) is 5.03. The number of alkyl halides is 2. The smallest absolute Gasteiger partial charge is 0.286 e. The summed E-state index contributed by atoms with van der Waals surface area (Å²) in [5.41, 5.74) is -0.0775. The number of hydrogen-bond donors (Lipinski definition) is 2. The summed E-state index contributed by atoms with van der Waals surface area (Å²) in [5.74, 6) is -3.20. The van der Waals surface area contributed by atoms with Crippen molar-refractivity contribution < 1.29 is 17.6 Å². The van der Waals surface area contributed by atoms with Gasteiger partial charge in [0.15, 0.2) is 5.82 Å². The zero-order valence-electron chi connectivity index (χ0n) is 16.1. The fraction of sp³-hybridized carbons (Fsp3) is 0.286. The molecular formula is C21H19F4N5. The molecule has 5 nitrogen and oxygen atoms in total.